The monoisotopic (exact) mass is 258 g/mol. The molecule has 2 heterocycles. The first-order valence-electron chi connectivity index (χ1n) is 6.63. The summed E-state index contributed by atoms with van der Waals surface area (Å²) in [4.78, 5) is 0. The van der Waals surface area contributed by atoms with Crippen LogP contribution < -0.4 is 10.6 Å². The van der Waals surface area contributed by atoms with Gasteiger partial charge in [0.1, 0.15) is 0 Å². The quantitative estimate of drug-likeness (QED) is 0.861. The number of rotatable bonds is 3. The van der Waals surface area contributed by atoms with Crippen LogP contribution in [0.15, 0.2) is 24.3 Å². The number of aryl methyl sites for hydroxylation is 1. The molecule has 0 aliphatic carbocycles. The smallest absolute Gasteiger partial charge is 0.181 e. The van der Waals surface area contributed by atoms with Gasteiger partial charge in [-0.05, 0) is 60.6 Å². The number of benzene rings is 1. The average molecular weight is 258 g/mol. The van der Waals surface area contributed by atoms with Crippen molar-refractivity contribution in [3.63, 3.8) is 0 Å². The molecule has 1 fully saturated rings. The lowest BCUT2D eigenvalue weighted by Crippen LogP contribution is -2.35. The number of hydrogen-bond acceptors (Lipinski definition) is 5. The van der Waals surface area contributed by atoms with Crippen molar-refractivity contribution in [3.8, 4) is 11.4 Å². The summed E-state index contributed by atoms with van der Waals surface area (Å²) in [6.07, 6.45) is 2.35. The molecule has 2 aromatic rings. The molecule has 1 saturated heterocycles. The van der Waals surface area contributed by atoms with Gasteiger partial charge in [-0.3, -0.25) is 0 Å². The molecule has 0 radical (unpaired) electrons. The highest BCUT2D eigenvalue weighted by atomic mass is 15.5. The third kappa shape index (κ3) is 2.73. The Morgan fingerprint density at radius 1 is 1.21 bits per heavy atom. The zero-order chi connectivity index (χ0) is 13.1. The van der Waals surface area contributed by atoms with Gasteiger partial charge < -0.3 is 10.6 Å². The zero-order valence-corrected chi connectivity index (χ0v) is 11.0. The second-order valence-electron chi connectivity index (χ2n) is 4.87. The van der Waals surface area contributed by atoms with Crippen molar-refractivity contribution in [2.75, 3.05) is 18.4 Å². The van der Waals surface area contributed by atoms with Gasteiger partial charge in [-0.15, -0.1) is 5.10 Å². The molecule has 2 N–H and O–H groups in total. The predicted molar refractivity (Wildman–Crippen MR) is 73.7 cm³/mol. The fraction of sp³-hybridized carbons (Fsp3) is 0.462. The molecule has 1 aliphatic rings. The van der Waals surface area contributed by atoms with E-state index in [4.69, 9.17) is 0 Å². The molecule has 3 rings (SSSR count). The number of hydrogen-bond donors (Lipinski definition) is 2. The van der Waals surface area contributed by atoms with Crippen molar-refractivity contribution in [1.29, 1.82) is 0 Å². The van der Waals surface area contributed by atoms with Crippen molar-refractivity contribution in [3.05, 3.63) is 24.3 Å². The Labute approximate surface area is 112 Å². The summed E-state index contributed by atoms with van der Waals surface area (Å²) in [7, 11) is 1.84. The normalized spacial score (nSPS) is 16.5. The van der Waals surface area contributed by atoms with Crippen LogP contribution in [0.4, 0.5) is 5.69 Å². The molecular formula is C13H18N6. The van der Waals surface area contributed by atoms with Gasteiger partial charge >= 0.3 is 0 Å². The van der Waals surface area contributed by atoms with Crippen LogP contribution in [0.2, 0.25) is 0 Å². The molecule has 6 heteroatoms. The van der Waals surface area contributed by atoms with Crippen LogP contribution >= 0.6 is 0 Å². The molecule has 0 atom stereocenters. The Morgan fingerprint density at radius 2 is 1.95 bits per heavy atom. The Hall–Kier alpha value is -1.95. The predicted octanol–water partition coefficient (Wildman–Crippen LogP) is 1.04. The standard InChI is InChI=1S/C13H18N6/c1-19-13(16-17-18-19)10-2-4-11(5-3-10)15-12-6-8-14-9-7-12/h2-5,12,14-15H,6-9H2,1H3. The van der Waals surface area contributed by atoms with E-state index in [1.807, 2.05) is 7.05 Å². The molecule has 0 amide bonds. The number of aromatic nitrogens is 4. The van der Waals surface area contributed by atoms with Gasteiger partial charge in [-0.25, -0.2) is 4.68 Å². The van der Waals surface area contributed by atoms with E-state index in [9.17, 15) is 0 Å². The van der Waals surface area contributed by atoms with Crippen molar-refractivity contribution in [2.45, 2.75) is 18.9 Å². The Balaban J connectivity index is 1.70. The van der Waals surface area contributed by atoms with Gasteiger partial charge in [0.25, 0.3) is 0 Å². The van der Waals surface area contributed by atoms with Gasteiger partial charge in [0, 0.05) is 24.3 Å². The highest BCUT2D eigenvalue weighted by Crippen LogP contribution is 2.19. The summed E-state index contributed by atoms with van der Waals surface area (Å²) in [6.45, 7) is 2.20. The van der Waals surface area contributed by atoms with E-state index >= 15 is 0 Å². The van der Waals surface area contributed by atoms with E-state index in [-0.39, 0.29) is 0 Å². The van der Waals surface area contributed by atoms with E-state index in [1.165, 1.54) is 12.8 Å². The fourth-order valence-electron chi connectivity index (χ4n) is 2.39. The highest BCUT2D eigenvalue weighted by Gasteiger charge is 2.12. The summed E-state index contributed by atoms with van der Waals surface area (Å²) in [6, 6.07) is 8.85. The molecule has 0 spiro atoms. The van der Waals surface area contributed by atoms with Crippen molar-refractivity contribution in [1.82, 2.24) is 25.5 Å². The van der Waals surface area contributed by atoms with E-state index in [0.29, 0.717) is 6.04 Å². The molecule has 6 nitrogen and oxygen atoms in total. The van der Waals surface area contributed by atoms with Crippen LogP contribution in [-0.4, -0.2) is 39.3 Å². The van der Waals surface area contributed by atoms with Gasteiger partial charge in [-0.2, -0.15) is 0 Å². The van der Waals surface area contributed by atoms with Gasteiger partial charge in [-0.1, -0.05) is 0 Å². The van der Waals surface area contributed by atoms with Crippen LogP contribution in [0.1, 0.15) is 12.8 Å². The van der Waals surface area contributed by atoms with Crippen LogP contribution in [0.25, 0.3) is 11.4 Å². The van der Waals surface area contributed by atoms with Gasteiger partial charge in [0.2, 0.25) is 0 Å². The summed E-state index contributed by atoms with van der Waals surface area (Å²) in [5.74, 6) is 0.786. The lowest BCUT2D eigenvalue weighted by Gasteiger charge is -2.24. The molecule has 1 aromatic heterocycles. The van der Waals surface area contributed by atoms with Gasteiger partial charge in [0.05, 0.1) is 0 Å². The summed E-state index contributed by atoms with van der Waals surface area (Å²) in [5.41, 5.74) is 2.19. The molecule has 0 bridgehead atoms. The molecule has 100 valence electrons. The Morgan fingerprint density at radius 3 is 2.58 bits per heavy atom. The molecular weight excluding hydrogens is 240 g/mol. The zero-order valence-electron chi connectivity index (χ0n) is 11.0. The number of anilines is 1. The van der Waals surface area contributed by atoms with E-state index in [2.05, 4.69) is 50.4 Å². The van der Waals surface area contributed by atoms with E-state index in [1.54, 1.807) is 4.68 Å². The molecule has 0 saturated carbocycles. The summed E-state index contributed by atoms with van der Waals surface area (Å²) in [5, 5.41) is 18.4. The molecule has 0 unspecified atom stereocenters. The number of piperidine rings is 1. The minimum atomic E-state index is 0.573. The van der Waals surface area contributed by atoms with Crippen LogP contribution in [0.3, 0.4) is 0 Å². The summed E-state index contributed by atoms with van der Waals surface area (Å²) >= 11 is 0. The first-order chi connectivity index (χ1) is 9.33. The maximum Gasteiger partial charge on any atom is 0.181 e. The molecule has 1 aliphatic heterocycles. The number of nitrogens with one attached hydrogen (secondary N) is 2. The second kappa shape index (κ2) is 5.36. The fourth-order valence-corrected chi connectivity index (χ4v) is 2.39. The third-order valence-corrected chi connectivity index (χ3v) is 3.47. The molecule has 19 heavy (non-hydrogen) atoms. The average Bonchev–Trinajstić information content (AvgIpc) is 2.87. The highest BCUT2D eigenvalue weighted by molar-refractivity contribution is 5.59. The summed E-state index contributed by atoms with van der Waals surface area (Å²) < 4.78 is 1.68. The maximum atomic E-state index is 4.00. The first-order valence-corrected chi connectivity index (χ1v) is 6.63. The van der Waals surface area contributed by atoms with Crippen molar-refractivity contribution >= 4 is 5.69 Å². The lowest BCUT2D eigenvalue weighted by atomic mass is 10.1. The Kier molecular flexibility index (Phi) is 3.41. The first kappa shape index (κ1) is 12.1. The van der Waals surface area contributed by atoms with Crippen LogP contribution in [0, 0.1) is 0 Å². The number of nitrogens with zero attached hydrogens (tertiary/aromatic N) is 4. The van der Waals surface area contributed by atoms with Gasteiger partial charge in [0.15, 0.2) is 5.82 Å². The van der Waals surface area contributed by atoms with Crippen molar-refractivity contribution in [2.24, 2.45) is 7.05 Å². The van der Waals surface area contributed by atoms with Crippen LogP contribution in [0.5, 0.6) is 0 Å². The van der Waals surface area contributed by atoms with Crippen LogP contribution in [-0.2, 0) is 7.05 Å². The number of tetrazole rings is 1. The topological polar surface area (TPSA) is 67.7 Å². The lowest BCUT2D eigenvalue weighted by molar-refractivity contribution is 0.479. The third-order valence-electron chi connectivity index (χ3n) is 3.47. The Bertz CT molecular complexity index is 526. The molecule has 1 aromatic carbocycles. The second-order valence-corrected chi connectivity index (χ2v) is 4.87. The SMILES string of the molecule is Cn1nnnc1-c1ccc(NC2CCNCC2)cc1. The minimum absolute atomic E-state index is 0.573. The van der Waals surface area contributed by atoms with E-state index in [0.717, 1.165) is 30.2 Å². The van der Waals surface area contributed by atoms with E-state index < -0.39 is 0 Å². The minimum Gasteiger partial charge on any atom is -0.382 e. The van der Waals surface area contributed by atoms with Crippen molar-refractivity contribution < 1.29 is 0 Å². The maximum absolute atomic E-state index is 4.00. The largest absolute Gasteiger partial charge is 0.382 e.